The number of hydrogen-bond donors (Lipinski definition) is 1. The van der Waals surface area contributed by atoms with Crippen LogP contribution < -0.4 is 5.32 Å². The number of methoxy groups -OCH3 is 1. The summed E-state index contributed by atoms with van der Waals surface area (Å²) in [5.41, 5.74) is 0. The van der Waals surface area contributed by atoms with E-state index in [9.17, 15) is 19.2 Å². The summed E-state index contributed by atoms with van der Waals surface area (Å²) < 4.78 is 4.81. The fourth-order valence-corrected chi connectivity index (χ4v) is 1.85. The number of rotatable bonds is 9. The zero-order chi connectivity index (χ0) is 16.7. The van der Waals surface area contributed by atoms with Gasteiger partial charge in [0, 0.05) is 26.4 Å². The number of ether oxygens (including phenoxy) is 1. The van der Waals surface area contributed by atoms with E-state index in [0.29, 0.717) is 5.06 Å². The maximum absolute atomic E-state index is 11.8. The van der Waals surface area contributed by atoms with Gasteiger partial charge in [-0.25, -0.2) is 4.79 Å². The lowest BCUT2D eigenvalue weighted by Crippen LogP contribution is -2.36. The Hall–Kier alpha value is -1.80. The topological polar surface area (TPSA) is 102 Å². The van der Waals surface area contributed by atoms with E-state index in [2.05, 4.69) is 5.32 Å². The van der Waals surface area contributed by atoms with Crippen molar-refractivity contribution in [2.75, 3.05) is 13.8 Å². The predicted octanol–water partition coefficient (Wildman–Crippen LogP) is 0.161. The van der Waals surface area contributed by atoms with Crippen LogP contribution in [0, 0.1) is 5.92 Å². The molecule has 0 saturated carbocycles. The third-order valence-corrected chi connectivity index (χ3v) is 3.43. The van der Waals surface area contributed by atoms with Gasteiger partial charge in [0.1, 0.15) is 5.78 Å². The molecule has 0 aromatic carbocycles. The lowest BCUT2D eigenvalue weighted by atomic mass is 10.0. The average Bonchev–Trinajstić information content (AvgIpc) is 2.81. The molecule has 0 aromatic heterocycles. The molecule has 22 heavy (non-hydrogen) atoms. The number of amides is 2. The van der Waals surface area contributed by atoms with Crippen LogP contribution in [0.5, 0.6) is 0 Å². The monoisotopic (exact) mass is 314 g/mol. The van der Waals surface area contributed by atoms with E-state index in [1.165, 1.54) is 7.11 Å². The van der Waals surface area contributed by atoms with Gasteiger partial charge in [-0.15, -0.1) is 5.06 Å². The molecule has 0 aliphatic carbocycles. The molecule has 1 aliphatic rings. The molecule has 1 heterocycles. The maximum atomic E-state index is 11.8. The van der Waals surface area contributed by atoms with E-state index in [0.717, 1.165) is 0 Å². The van der Waals surface area contributed by atoms with Crippen molar-refractivity contribution in [3.05, 3.63) is 0 Å². The molecular weight excluding hydrogens is 292 g/mol. The molecule has 0 aromatic rings. The summed E-state index contributed by atoms with van der Waals surface area (Å²) in [6.45, 7) is 3.57. The van der Waals surface area contributed by atoms with Gasteiger partial charge in [0.05, 0.1) is 18.7 Å². The quantitative estimate of drug-likeness (QED) is 0.478. The first-order valence-corrected chi connectivity index (χ1v) is 7.19. The Morgan fingerprint density at radius 2 is 1.82 bits per heavy atom. The predicted molar refractivity (Wildman–Crippen MR) is 75.1 cm³/mol. The van der Waals surface area contributed by atoms with Crippen molar-refractivity contribution in [3.63, 3.8) is 0 Å². The van der Waals surface area contributed by atoms with Crippen LogP contribution in [0.4, 0.5) is 0 Å². The maximum Gasteiger partial charge on any atom is 0.335 e. The number of carbonyl (C=O) groups is 4. The Labute approximate surface area is 129 Å². The van der Waals surface area contributed by atoms with E-state index in [1.807, 2.05) is 0 Å². The second-order valence-electron chi connectivity index (χ2n) is 5.26. The molecule has 1 rings (SSSR count). The molecule has 0 bridgehead atoms. The first-order valence-electron chi connectivity index (χ1n) is 7.19. The van der Waals surface area contributed by atoms with Crippen LogP contribution in [0.15, 0.2) is 0 Å². The second kappa shape index (κ2) is 8.60. The zero-order valence-electron chi connectivity index (χ0n) is 13.1. The van der Waals surface area contributed by atoms with Gasteiger partial charge in [0.15, 0.2) is 0 Å². The number of hydroxylamine groups is 2. The van der Waals surface area contributed by atoms with Crippen molar-refractivity contribution >= 4 is 23.6 Å². The van der Waals surface area contributed by atoms with Crippen LogP contribution in [-0.2, 0) is 28.8 Å². The number of hydrogen-bond acceptors (Lipinski definition) is 7. The van der Waals surface area contributed by atoms with E-state index < -0.39 is 23.7 Å². The highest BCUT2D eigenvalue weighted by Crippen LogP contribution is 2.16. The fourth-order valence-electron chi connectivity index (χ4n) is 1.85. The first kappa shape index (κ1) is 18.2. The summed E-state index contributed by atoms with van der Waals surface area (Å²) in [6, 6.07) is -0.370. The van der Waals surface area contributed by atoms with Gasteiger partial charge in [0.25, 0.3) is 11.8 Å². The Balaban J connectivity index is 2.36. The number of carbonyl (C=O) groups excluding carboxylic acids is 4. The van der Waals surface area contributed by atoms with Crippen molar-refractivity contribution in [2.45, 2.75) is 45.6 Å². The van der Waals surface area contributed by atoms with Crippen LogP contribution in [0.3, 0.4) is 0 Å². The Bertz CT molecular complexity index is 435. The van der Waals surface area contributed by atoms with E-state index in [4.69, 9.17) is 9.57 Å². The Morgan fingerprint density at radius 1 is 1.23 bits per heavy atom. The normalized spacial score (nSPS) is 17.5. The minimum atomic E-state index is -0.686. The van der Waals surface area contributed by atoms with Gasteiger partial charge in [-0.05, 0) is 13.3 Å². The highest BCUT2D eigenvalue weighted by Gasteiger charge is 2.34. The first-order chi connectivity index (χ1) is 10.4. The lowest BCUT2D eigenvalue weighted by molar-refractivity contribution is -0.200. The summed E-state index contributed by atoms with van der Waals surface area (Å²) in [4.78, 5) is 51.2. The smallest absolute Gasteiger partial charge is 0.335 e. The van der Waals surface area contributed by atoms with Crippen molar-refractivity contribution in [1.29, 1.82) is 0 Å². The van der Waals surface area contributed by atoms with Gasteiger partial charge >= 0.3 is 5.97 Å². The minimum Gasteiger partial charge on any atom is -0.370 e. The molecule has 8 nitrogen and oxygen atoms in total. The van der Waals surface area contributed by atoms with Crippen molar-refractivity contribution in [3.8, 4) is 0 Å². The van der Waals surface area contributed by atoms with Crippen LogP contribution in [0.2, 0.25) is 0 Å². The summed E-state index contributed by atoms with van der Waals surface area (Å²) in [7, 11) is 1.52. The number of nitrogens with zero attached hydrogens (tertiary/aromatic N) is 1. The van der Waals surface area contributed by atoms with E-state index in [1.54, 1.807) is 13.8 Å². The third kappa shape index (κ3) is 5.19. The number of Topliss-reactive ketones (excluding diaryl/α,β-unsaturated/α-hetero) is 1. The Kier molecular flexibility index (Phi) is 7.13. The summed E-state index contributed by atoms with van der Waals surface area (Å²) in [6.07, 6.45) is 0.590. The molecule has 0 spiro atoms. The molecule has 1 N–H and O–H groups in total. The zero-order valence-corrected chi connectivity index (χ0v) is 13.1. The average molecular weight is 314 g/mol. The van der Waals surface area contributed by atoms with Crippen LogP contribution in [0.25, 0.3) is 0 Å². The molecule has 2 amide bonds. The summed E-state index contributed by atoms with van der Waals surface area (Å²) >= 11 is 0. The molecule has 2 atom stereocenters. The number of imide groups is 1. The van der Waals surface area contributed by atoms with Gasteiger partial charge < -0.3 is 9.57 Å². The second-order valence-corrected chi connectivity index (χ2v) is 5.26. The fraction of sp³-hybridized carbons (Fsp3) is 0.714. The Morgan fingerprint density at radius 3 is 2.36 bits per heavy atom. The number of ketones is 1. The molecule has 1 fully saturated rings. The van der Waals surface area contributed by atoms with Crippen molar-refractivity contribution in [1.82, 2.24) is 10.4 Å². The number of nitrogens with one attached hydrogen (secondary N) is 1. The summed E-state index contributed by atoms with van der Waals surface area (Å²) in [5, 5.41) is 3.39. The lowest BCUT2D eigenvalue weighted by Gasteiger charge is -2.17. The van der Waals surface area contributed by atoms with Gasteiger partial charge in [-0.1, -0.05) is 6.92 Å². The highest BCUT2D eigenvalue weighted by atomic mass is 16.7. The molecule has 1 aliphatic heterocycles. The van der Waals surface area contributed by atoms with Crippen LogP contribution in [0.1, 0.15) is 39.5 Å². The molecular formula is C14H22N2O6. The third-order valence-electron chi connectivity index (χ3n) is 3.43. The van der Waals surface area contributed by atoms with E-state index in [-0.39, 0.29) is 44.2 Å². The molecule has 0 radical (unpaired) electrons. The largest absolute Gasteiger partial charge is 0.370 e. The van der Waals surface area contributed by atoms with Crippen molar-refractivity contribution in [2.24, 2.45) is 5.92 Å². The van der Waals surface area contributed by atoms with Gasteiger partial charge in [-0.3, -0.25) is 19.7 Å². The van der Waals surface area contributed by atoms with Crippen molar-refractivity contribution < 1.29 is 28.8 Å². The summed E-state index contributed by atoms with van der Waals surface area (Å²) in [5.74, 6) is -2.35. The molecule has 2 unspecified atom stereocenters. The van der Waals surface area contributed by atoms with Gasteiger partial charge in [0.2, 0.25) is 0 Å². The standard InChI is InChI=1S/C14H22N2O6/c1-9(4-5-11(17)10(2)15-8-21-3)14(20)22-16-12(18)6-7-13(16)19/h9-10,15H,4-8H2,1-3H3. The minimum absolute atomic E-state index is 0.0509. The van der Waals surface area contributed by atoms with Crippen LogP contribution >= 0.6 is 0 Å². The SMILES string of the molecule is COCNC(C)C(=O)CCC(C)C(=O)ON1C(=O)CCC1=O. The van der Waals surface area contributed by atoms with Gasteiger partial charge in [-0.2, -0.15) is 0 Å². The van der Waals surface area contributed by atoms with E-state index >= 15 is 0 Å². The molecule has 1 saturated heterocycles. The molecule has 8 heteroatoms. The molecule has 124 valence electrons. The van der Waals surface area contributed by atoms with Crippen LogP contribution in [-0.4, -0.2) is 48.5 Å². The highest BCUT2D eigenvalue weighted by molar-refractivity contribution is 6.01.